The Labute approximate surface area is 158 Å². The number of nitro benzene ring substituents is 1. The Morgan fingerprint density at radius 2 is 1.93 bits per heavy atom. The molecular weight excluding hydrogens is 368 g/mol. The van der Waals surface area contributed by atoms with Crippen molar-refractivity contribution in [2.45, 2.75) is 23.8 Å². The van der Waals surface area contributed by atoms with E-state index in [0.717, 1.165) is 24.6 Å². The van der Waals surface area contributed by atoms with Crippen LogP contribution in [-0.2, 0) is 10.0 Å². The molecule has 9 heteroatoms. The molecule has 1 atom stereocenters. The third-order valence-corrected chi connectivity index (χ3v) is 6.04. The predicted molar refractivity (Wildman–Crippen MR) is 105 cm³/mol. The van der Waals surface area contributed by atoms with Gasteiger partial charge in [0.2, 0.25) is 10.0 Å². The van der Waals surface area contributed by atoms with E-state index < -0.39 is 14.9 Å². The third kappa shape index (κ3) is 4.37. The van der Waals surface area contributed by atoms with E-state index in [1.807, 2.05) is 35.2 Å². The van der Waals surface area contributed by atoms with Crippen molar-refractivity contribution in [3.8, 4) is 0 Å². The molecule has 144 valence electrons. The molecule has 0 amide bonds. The number of nitrogens with zero attached hydrogens (tertiary/aromatic N) is 2. The highest BCUT2D eigenvalue weighted by atomic mass is 32.2. The van der Waals surface area contributed by atoms with Gasteiger partial charge in [0.25, 0.3) is 5.69 Å². The van der Waals surface area contributed by atoms with Crippen LogP contribution in [0.3, 0.4) is 0 Å². The Hall–Kier alpha value is -2.65. The number of para-hydroxylation sites is 1. The quantitative estimate of drug-likeness (QED) is 0.580. The highest BCUT2D eigenvalue weighted by Gasteiger charge is 2.27. The Morgan fingerprint density at radius 3 is 2.59 bits per heavy atom. The van der Waals surface area contributed by atoms with Gasteiger partial charge in [-0.05, 0) is 44.2 Å². The number of rotatable bonds is 6. The molecule has 1 aliphatic heterocycles. The molecule has 0 aromatic heterocycles. The molecule has 1 aliphatic rings. The summed E-state index contributed by atoms with van der Waals surface area (Å²) in [6, 6.07) is 14.0. The molecule has 0 aliphatic carbocycles. The van der Waals surface area contributed by atoms with Gasteiger partial charge >= 0.3 is 0 Å². The van der Waals surface area contributed by atoms with Crippen molar-refractivity contribution in [2.24, 2.45) is 0 Å². The van der Waals surface area contributed by atoms with Gasteiger partial charge < -0.3 is 10.2 Å². The van der Waals surface area contributed by atoms with E-state index in [0.29, 0.717) is 18.8 Å². The lowest BCUT2D eigenvalue weighted by atomic mass is 10.0. The lowest BCUT2D eigenvalue weighted by Gasteiger charge is -2.35. The van der Waals surface area contributed by atoms with Crippen LogP contribution in [-0.4, -0.2) is 39.5 Å². The number of benzene rings is 2. The van der Waals surface area contributed by atoms with Crippen molar-refractivity contribution in [1.82, 2.24) is 4.72 Å². The van der Waals surface area contributed by atoms with Gasteiger partial charge in [-0.2, -0.15) is 0 Å². The molecule has 27 heavy (non-hydrogen) atoms. The van der Waals surface area contributed by atoms with Gasteiger partial charge in [0.15, 0.2) is 0 Å². The SMILES string of the molecule is CNS(=O)(=O)c1ccc(N2CCCC(Nc3ccccc3)C2)c([N+](=O)[O-])c1. The molecule has 2 N–H and O–H groups in total. The van der Waals surface area contributed by atoms with Gasteiger partial charge in [0.05, 0.1) is 9.82 Å². The third-order valence-electron chi connectivity index (χ3n) is 4.63. The fourth-order valence-electron chi connectivity index (χ4n) is 3.29. The summed E-state index contributed by atoms with van der Waals surface area (Å²) < 4.78 is 26.1. The van der Waals surface area contributed by atoms with Crippen LogP contribution < -0.4 is 14.9 Å². The van der Waals surface area contributed by atoms with Crippen LogP contribution in [0.15, 0.2) is 53.4 Å². The van der Waals surface area contributed by atoms with Gasteiger partial charge in [0.1, 0.15) is 5.69 Å². The molecule has 0 spiro atoms. The minimum absolute atomic E-state index is 0.114. The first-order chi connectivity index (χ1) is 12.9. The fraction of sp³-hybridized carbons (Fsp3) is 0.333. The highest BCUT2D eigenvalue weighted by Crippen LogP contribution is 2.33. The number of hydrogen-bond donors (Lipinski definition) is 2. The maximum absolute atomic E-state index is 12.0. The Kier molecular flexibility index (Phi) is 5.62. The molecular formula is C18H22N4O4S. The molecule has 8 nitrogen and oxygen atoms in total. The zero-order chi connectivity index (χ0) is 19.4. The maximum Gasteiger partial charge on any atom is 0.293 e. The van der Waals surface area contributed by atoms with Crippen molar-refractivity contribution < 1.29 is 13.3 Å². The van der Waals surface area contributed by atoms with Crippen LogP contribution in [0, 0.1) is 10.1 Å². The van der Waals surface area contributed by atoms with E-state index in [1.165, 1.54) is 19.2 Å². The second kappa shape index (κ2) is 7.93. The predicted octanol–water partition coefficient (Wildman–Crippen LogP) is 2.58. The summed E-state index contributed by atoms with van der Waals surface area (Å²) in [4.78, 5) is 12.9. The number of piperidine rings is 1. The molecule has 1 saturated heterocycles. The zero-order valence-electron chi connectivity index (χ0n) is 15.0. The van der Waals surface area contributed by atoms with E-state index >= 15 is 0 Å². The molecule has 1 fully saturated rings. The molecule has 2 aromatic rings. The lowest BCUT2D eigenvalue weighted by molar-refractivity contribution is -0.384. The van der Waals surface area contributed by atoms with Gasteiger partial charge in [-0.25, -0.2) is 13.1 Å². The van der Waals surface area contributed by atoms with Crippen LogP contribution in [0.1, 0.15) is 12.8 Å². The Balaban J connectivity index is 1.85. The fourth-order valence-corrected chi connectivity index (χ4v) is 4.04. The normalized spacial score (nSPS) is 17.5. The molecule has 0 saturated carbocycles. The molecule has 1 unspecified atom stereocenters. The summed E-state index contributed by atoms with van der Waals surface area (Å²) in [6.45, 7) is 1.29. The first kappa shape index (κ1) is 19.1. The molecule has 1 heterocycles. The van der Waals surface area contributed by atoms with Crippen LogP contribution in [0.2, 0.25) is 0 Å². The Morgan fingerprint density at radius 1 is 1.19 bits per heavy atom. The van der Waals surface area contributed by atoms with Crippen LogP contribution in [0.4, 0.5) is 17.1 Å². The van der Waals surface area contributed by atoms with Crippen molar-refractivity contribution in [2.75, 3.05) is 30.4 Å². The number of anilines is 2. The van der Waals surface area contributed by atoms with Crippen LogP contribution in [0.5, 0.6) is 0 Å². The minimum Gasteiger partial charge on any atom is -0.381 e. The van der Waals surface area contributed by atoms with Gasteiger partial charge in [0, 0.05) is 30.9 Å². The standard InChI is InChI=1S/C18H22N4O4S/c1-19-27(25,26)16-9-10-17(18(12-16)22(23)24)21-11-5-8-15(13-21)20-14-6-3-2-4-7-14/h2-4,6-7,9-10,12,15,19-20H,5,8,11,13H2,1H3. The highest BCUT2D eigenvalue weighted by molar-refractivity contribution is 7.89. The van der Waals surface area contributed by atoms with E-state index in [4.69, 9.17) is 0 Å². The largest absolute Gasteiger partial charge is 0.381 e. The minimum atomic E-state index is -3.74. The number of sulfonamides is 1. The lowest BCUT2D eigenvalue weighted by Crippen LogP contribution is -2.42. The number of nitrogens with one attached hydrogen (secondary N) is 2. The average Bonchev–Trinajstić information content (AvgIpc) is 2.68. The average molecular weight is 390 g/mol. The van der Waals surface area contributed by atoms with Crippen molar-refractivity contribution in [3.63, 3.8) is 0 Å². The summed E-state index contributed by atoms with van der Waals surface area (Å²) in [5, 5.41) is 15.0. The second-order valence-electron chi connectivity index (χ2n) is 6.41. The van der Waals surface area contributed by atoms with Gasteiger partial charge in [-0.3, -0.25) is 10.1 Å². The smallest absolute Gasteiger partial charge is 0.293 e. The van der Waals surface area contributed by atoms with Crippen molar-refractivity contribution in [3.05, 3.63) is 58.6 Å². The topological polar surface area (TPSA) is 105 Å². The summed E-state index contributed by atoms with van der Waals surface area (Å²) in [5.41, 5.74) is 1.25. The molecule has 0 bridgehead atoms. The molecule has 0 radical (unpaired) electrons. The van der Waals surface area contributed by atoms with Crippen molar-refractivity contribution in [1.29, 1.82) is 0 Å². The van der Waals surface area contributed by atoms with E-state index in [2.05, 4.69) is 10.0 Å². The first-order valence-electron chi connectivity index (χ1n) is 8.69. The van der Waals surface area contributed by atoms with Gasteiger partial charge in [-0.1, -0.05) is 18.2 Å². The summed E-state index contributed by atoms with van der Waals surface area (Å²) in [5.74, 6) is 0. The van der Waals surface area contributed by atoms with E-state index in [-0.39, 0.29) is 16.6 Å². The van der Waals surface area contributed by atoms with Crippen LogP contribution >= 0.6 is 0 Å². The monoisotopic (exact) mass is 390 g/mol. The summed E-state index contributed by atoms with van der Waals surface area (Å²) in [7, 11) is -2.46. The van der Waals surface area contributed by atoms with Gasteiger partial charge in [-0.15, -0.1) is 0 Å². The first-order valence-corrected chi connectivity index (χ1v) is 10.2. The summed E-state index contributed by atoms with van der Waals surface area (Å²) in [6.07, 6.45) is 1.85. The van der Waals surface area contributed by atoms with Crippen molar-refractivity contribution >= 4 is 27.1 Å². The number of nitro groups is 1. The van der Waals surface area contributed by atoms with E-state index in [9.17, 15) is 18.5 Å². The van der Waals surface area contributed by atoms with E-state index in [1.54, 1.807) is 0 Å². The van der Waals surface area contributed by atoms with Crippen LogP contribution in [0.25, 0.3) is 0 Å². The zero-order valence-corrected chi connectivity index (χ0v) is 15.8. The second-order valence-corrected chi connectivity index (χ2v) is 8.30. The molecule has 2 aromatic carbocycles. The number of hydrogen-bond acceptors (Lipinski definition) is 6. The maximum atomic E-state index is 12.0. The Bertz CT molecular complexity index is 918. The summed E-state index contributed by atoms with van der Waals surface area (Å²) >= 11 is 0. The molecule has 3 rings (SSSR count).